The molecule has 3 rings (SSSR count). The fourth-order valence-electron chi connectivity index (χ4n) is 1.77. The van der Waals surface area contributed by atoms with Crippen LogP contribution in [-0.2, 0) is 0 Å². The first kappa shape index (κ1) is 13.5. The number of aromatic nitrogens is 3. The predicted molar refractivity (Wildman–Crippen MR) is 83.6 cm³/mol. The molecule has 7 heteroatoms. The number of rotatable bonds is 2. The molecule has 0 spiro atoms. The number of benzene rings is 1. The summed E-state index contributed by atoms with van der Waals surface area (Å²) in [6.07, 6.45) is 0. The summed E-state index contributed by atoms with van der Waals surface area (Å²) in [6.45, 7) is 2.03. The van der Waals surface area contributed by atoms with Gasteiger partial charge in [-0.3, -0.25) is 0 Å². The molecule has 1 aromatic carbocycles. The lowest BCUT2D eigenvalue weighted by Crippen LogP contribution is -1.93. The zero-order valence-corrected chi connectivity index (χ0v) is 12.8. The highest BCUT2D eigenvalue weighted by Gasteiger charge is 2.11. The van der Waals surface area contributed by atoms with E-state index in [4.69, 9.17) is 28.9 Å². The standard InChI is InChI=1S/C13H10Cl2N4S/c1-6-2-3-9-10(4-6)18-13(17-9)20-12-8(15)5-7(14)11(16)19-12/h2-5H,1H3,(H2,16,19)(H,17,18). The van der Waals surface area contributed by atoms with Crippen molar-refractivity contribution in [2.45, 2.75) is 17.1 Å². The number of nitrogen functional groups attached to an aromatic ring is 1. The molecule has 102 valence electrons. The Hall–Kier alpha value is -1.43. The quantitative estimate of drug-likeness (QED) is 0.737. The van der Waals surface area contributed by atoms with E-state index in [1.165, 1.54) is 17.3 Å². The number of aromatic amines is 1. The van der Waals surface area contributed by atoms with Gasteiger partial charge in [-0.15, -0.1) is 0 Å². The first-order valence-corrected chi connectivity index (χ1v) is 7.36. The van der Waals surface area contributed by atoms with Crippen molar-refractivity contribution in [3.05, 3.63) is 39.9 Å². The highest BCUT2D eigenvalue weighted by molar-refractivity contribution is 7.99. The SMILES string of the molecule is Cc1ccc2nc(Sc3nc(N)c(Cl)cc3Cl)[nH]c2c1. The van der Waals surface area contributed by atoms with Crippen molar-refractivity contribution in [2.75, 3.05) is 5.73 Å². The summed E-state index contributed by atoms with van der Waals surface area (Å²) in [5.41, 5.74) is 8.74. The van der Waals surface area contributed by atoms with Crippen molar-refractivity contribution >= 4 is 51.8 Å². The van der Waals surface area contributed by atoms with E-state index in [0.717, 1.165) is 11.0 Å². The number of pyridine rings is 1. The Morgan fingerprint density at radius 3 is 2.75 bits per heavy atom. The predicted octanol–water partition coefficient (Wildman–Crippen LogP) is 4.31. The van der Waals surface area contributed by atoms with Crippen LogP contribution < -0.4 is 5.73 Å². The van der Waals surface area contributed by atoms with Crippen molar-refractivity contribution in [3.63, 3.8) is 0 Å². The molecule has 0 saturated carbocycles. The van der Waals surface area contributed by atoms with Gasteiger partial charge in [0, 0.05) is 0 Å². The normalized spacial score (nSPS) is 11.2. The topological polar surface area (TPSA) is 67.6 Å². The summed E-state index contributed by atoms with van der Waals surface area (Å²) in [7, 11) is 0. The average Bonchev–Trinajstić information content (AvgIpc) is 2.77. The number of hydrogen-bond acceptors (Lipinski definition) is 4. The van der Waals surface area contributed by atoms with E-state index in [2.05, 4.69) is 15.0 Å². The maximum Gasteiger partial charge on any atom is 0.172 e. The van der Waals surface area contributed by atoms with Gasteiger partial charge < -0.3 is 10.7 Å². The molecule has 0 fully saturated rings. The largest absolute Gasteiger partial charge is 0.382 e. The van der Waals surface area contributed by atoms with Gasteiger partial charge in [0.2, 0.25) is 0 Å². The minimum atomic E-state index is 0.255. The fraction of sp³-hybridized carbons (Fsp3) is 0.0769. The molecule has 0 aliphatic carbocycles. The van der Waals surface area contributed by atoms with E-state index in [9.17, 15) is 0 Å². The van der Waals surface area contributed by atoms with Crippen LogP contribution in [-0.4, -0.2) is 15.0 Å². The number of nitrogens with two attached hydrogens (primary N) is 1. The third-order valence-electron chi connectivity index (χ3n) is 2.73. The fourth-order valence-corrected chi connectivity index (χ4v) is 3.04. The lowest BCUT2D eigenvalue weighted by atomic mass is 10.2. The smallest absolute Gasteiger partial charge is 0.172 e. The molecule has 2 aromatic heterocycles. The van der Waals surface area contributed by atoms with Crippen LogP contribution in [0.3, 0.4) is 0 Å². The van der Waals surface area contributed by atoms with Crippen molar-refractivity contribution in [1.82, 2.24) is 15.0 Å². The van der Waals surface area contributed by atoms with Gasteiger partial charge in [-0.25, -0.2) is 9.97 Å². The lowest BCUT2D eigenvalue weighted by molar-refractivity contribution is 1.06. The number of aryl methyl sites for hydroxylation is 1. The number of halogens is 2. The molecule has 4 nitrogen and oxygen atoms in total. The van der Waals surface area contributed by atoms with Gasteiger partial charge in [-0.05, 0) is 42.4 Å². The van der Waals surface area contributed by atoms with Crippen LogP contribution in [0.25, 0.3) is 11.0 Å². The third-order valence-corrected chi connectivity index (χ3v) is 4.33. The number of anilines is 1. The number of hydrogen-bond donors (Lipinski definition) is 2. The summed E-state index contributed by atoms with van der Waals surface area (Å²) in [6, 6.07) is 7.61. The Labute approximate surface area is 129 Å². The van der Waals surface area contributed by atoms with Gasteiger partial charge >= 0.3 is 0 Å². The summed E-state index contributed by atoms with van der Waals surface area (Å²) in [5.74, 6) is 0.255. The first-order chi connectivity index (χ1) is 9.52. The van der Waals surface area contributed by atoms with E-state index in [1.807, 2.05) is 25.1 Å². The monoisotopic (exact) mass is 324 g/mol. The van der Waals surface area contributed by atoms with Crippen molar-refractivity contribution in [1.29, 1.82) is 0 Å². The maximum atomic E-state index is 6.11. The number of imidazole rings is 1. The number of nitrogens with one attached hydrogen (secondary N) is 1. The molecular formula is C13H10Cl2N4S. The first-order valence-electron chi connectivity index (χ1n) is 5.78. The molecule has 0 aliphatic heterocycles. The van der Waals surface area contributed by atoms with Gasteiger partial charge in [0.05, 0.1) is 21.1 Å². The number of fused-ring (bicyclic) bond motifs is 1. The molecule has 0 amide bonds. The average molecular weight is 325 g/mol. The van der Waals surface area contributed by atoms with Crippen LogP contribution in [0, 0.1) is 6.92 Å². The van der Waals surface area contributed by atoms with Crippen molar-refractivity contribution < 1.29 is 0 Å². The molecule has 0 aliphatic rings. The van der Waals surface area contributed by atoms with E-state index < -0.39 is 0 Å². The Balaban J connectivity index is 1.99. The zero-order valence-electron chi connectivity index (χ0n) is 10.4. The van der Waals surface area contributed by atoms with Crippen LogP contribution in [0.1, 0.15) is 5.56 Å². The second-order valence-corrected chi connectivity index (χ2v) is 6.10. The van der Waals surface area contributed by atoms with Gasteiger partial charge in [-0.2, -0.15) is 0 Å². The molecule has 3 N–H and O–H groups in total. The Morgan fingerprint density at radius 2 is 1.95 bits per heavy atom. The summed E-state index contributed by atoms with van der Waals surface area (Å²) in [5, 5.41) is 2.08. The third kappa shape index (κ3) is 2.57. The maximum absolute atomic E-state index is 6.11. The zero-order chi connectivity index (χ0) is 14.3. The van der Waals surface area contributed by atoms with E-state index in [-0.39, 0.29) is 5.82 Å². The highest BCUT2D eigenvalue weighted by Crippen LogP contribution is 2.34. The van der Waals surface area contributed by atoms with Crippen LogP contribution in [0.4, 0.5) is 5.82 Å². The minimum Gasteiger partial charge on any atom is -0.382 e. The molecular weight excluding hydrogens is 315 g/mol. The van der Waals surface area contributed by atoms with Crippen LogP contribution >= 0.6 is 35.0 Å². The van der Waals surface area contributed by atoms with Crippen LogP contribution in [0.2, 0.25) is 10.0 Å². The second kappa shape index (κ2) is 5.16. The molecule has 20 heavy (non-hydrogen) atoms. The van der Waals surface area contributed by atoms with Crippen LogP contribution in [0.15, 0.2) is 34.4 Å². The number of H-pyrrole nitrogens is 1. The van der Waals surface area contributed by atoms with Crippen LogP contribution in [0.5, 0.6) is 0 Å². The van der Waals surface area contributed by atoms with Gasteiger partial charge in [0.15, 0.2) is 5.16 Å². The highest BCUT2D eigenvalue weighted by atomic mass is 35.5. The summed E-state index contributed by atoms with van der Waals surface area (Å²) in [4.78, 5) is 11.9. The van der Waals surface area contributed by atoms with E-state index in [1.54, 1.807) is 6.07 Å². The van der Waals surface area contributed by atoms with Gasteiger partial charge in [-0.1, -0.05) is 29.3 Å². The molecule has 0 saturated heterocycles. The Morgan fingerprint density at radius 1 is 1.15 bits per heavy atom. The number of nitrogens with zero attached hydrogens (tertiary/aromatic N) is 2. The van der Waals surface area contributed by atoms with E-state index in [0.29, 0.717) is 20.2 Å². The van der Waals surface area contributed by atoms with E-state index >= 15 is 0 Å². The van der Waals surface area contributed by atoms with Gasteiger partial charge in [0.25, 0.3) is 0 Å². The van der Waals surface area contributed by atoms with Crippen molar-refractivity contribution in [3.8, 4) is 0 Å². The molecule has 0 unspecified atom stereocenters. The summed E-state index contributed by atoms with van der Waals surface area (Å²) < 4.78 is 0. The Bertz CT molecular complexity index is 800. The molecule has 0 atom stereocenters. The summed E-state index contributed by atoms with van der Waals surface area (Å²) >= 11 is 13.3. The van der Waals surface area contributed by atoms with Crippen molar-refractivity contribution in [2.24, 2.45) is 0 Å². The van der Waals surface area contributed by atoms with Gasteiger partial charge in [0.1, 0.15) is 10.8 Å². The molecule has 3 aromatic rings. The minimum absolute atomic E-state index is 0.255. The molecule has 0 bridgehead atoms. The lowest BCUT2D eigenvalue weighted by Gasteiger charge is -2.03. The molecule has 2 heterocycles. The molecule has 0 radical (unpaired) electrons. The second-order valence-electron chi connectivity index (χ2n) is 4.31. The Kier molecular flexibility index (Phi) is 3.50.